The Morgan fingerprint density at radius 3 is 2.79 bits per heavy atom. The molecule has 7 heteroatoms. The van der Waals surface area contributed by atoms with Crippen LogP contribution in [0.1, 0.15) is 26.8 Å². The molecule has 6 nitrogen and oxygen atoms in total. The number of hydrogen-bond donors (Lipinski definition) is 1. The smallest absolute Gasteiger partial charge is 0.250 e. The van der Waals surface area contributed by atoms with Crippen molar-refractivity contribution in [1.29, 1.82) is 0 Å². The summed E-state index contributed by atoms with van der Waals surface area (Å²) >= 11 is 1.51. The highest BCUT2D eigenvalue weighted by Crippen LogP contribution is 2.28. The summed E-state index contributed by atoms with van der Waals surface area (Å²) < 4.78 is 13.2. The van der Waals surface area contributed by atoms with E-state index in [4.69, 9.17) is 14.9 Å². The van der Waals surface area contributed by atoms with E-state index < -0.39 is 5.91 Å². The molecule has 0 atom stereocenters. The van der Waals surface area contributed by atoms with Crippen LogP contribution in [0.2, 0.25) is 0 Å². The molecule has 0 fully saturated rings. The van der Waals surface area contributed by atoms with Gasteiger partial charge in [0.05, 0.1) is 29.8 Å². The number of primary amides is 1. The largest absolute Gasteiger partial charge is 0.486 e. The Kier molecular flexibility index (Phi) is 4.99. The molecule has 3 heterocycles. The number of nitrogens with zero attached hydrogens (tertiary/aromatic N) is 2. The minimum atomic E-state index is -0.459. The van der Waals surface area contributed by atoms with E-state index in [2.05, 4.69) is 4.98 Å². The molecule has 0 aliphatic rings. The number of carbonyl (C=O) groups is 1. The summed E-state index contributed by atoms with van der Waals surface area (Å²) in [5, 5.41) is 2.81. The molecule has 0 aliphatic carbocycles. The number of aromatic nitrogens is 2. The minimum absolute atomic E-state index is 0.384. The third-order valence-corrected chi connectivity index (χ3v) is 5.27. The van der Waals surface area contributed by atoms with E-state index in [0.29, 0.717) is 18.7 Å². The maximum atomic E-state index is 11.8. The first kappa shape index (κ1) is 18.1. The number of amides is 1. The van der Waals surface area contributed by atoms with Crippen LogP contribution in [0.25, 0.3) is 11.4 Å². The number of benzene rings is 1. The van der Waals surface area contributed by atoms with Crippen LogP contribution < -0.4 is 10.5 Å². The molecule has 3 aromatic heterocycles. The number of rotatable bonds is 7. The molecule has 1 aromatic carbocycles. The molecule has 4 aromatic rings. The Bertz CT molecular complexity index is 1080. The van der Waals surface area contributed by atoms with Gasteiger partial charge in [-0.3, -0.25) is 4.79 Å². The number of carbonyl (C=O) groups excluding carboxylic acids is 1. The molecule has 0 unspecified atom stereocenters. The maximum Gasteiger partial charge on any atom is 0.250 e. The van der Waals surface area contributed by atoms with Crippen molar-refractivity contribution in [3.63, 3.8) is 0 Å². The molecule has 0 saturated carbocycles. The van der Waals surface area contributed by atoms with Gasteiger partial charge in [-0.15, -0.1) is 11.3 Å². The lowest BCUT2D eigenvalue weighted by Gasteiger charge is -2.09. The van der Waals surface area contributed by atoms with Gasteiger partial charge in [0.25, 0.3) is 5.91 Å². The fourth-order valence-electron chi connectivity index (χ4n) is 3.03. The first-order valence-electron chi connectivity index (χ1n) is 8.77. The second-order valence-corrected chi connectivity index (χ2v) is 7.23. The molecular weight excluding hydrogens is 374 g/mol. The summed E-state index contributed by atoms with van der Waals surface area (Å²) in [7, 11) is 0. The number of hydrogen-bond acceptors (Lipinski definition) is 5. The average molecular weight is 393 g/mol. The van der Waals surface area contributed by atoms with Gasteiger partial charge in [0.15, 0.2) is 0 Å². The summed E-state index contributed by atoms with van der Waals surface area (Å²) in [5.41, 5.74) is 8.42. The number of thiazole rings is 1. The van der Waals surface area contributed by atoms with E-state index in [0.717, 1.165) is 33.6 Å². The molecule has 28 heavy (non-hydrogen) atoms. The minimum Gasteiger partial charge on any atom is -0.486 e. The molecule has 0 saturated heterocycles. The standard InChI is InChI=1S/C21H19N3O3S/c1-14-17(21(22)25)10-19(24(14)11-16-8-5-9-26-16)18-13-28-20(23-18)12-27-15-6-3-2-4-7-15/h2-10,13H,11-12H2,1H3,(H2,22,25). The van der Waals surface area contributed by atoms with Gasteiger partial charge in [-0.2, -0.15) is 0 Å². The van der Waals surface area contributed by atoms with Crippen LogP contribution in [0.5, 0.6) is 5.75 Å². The van der Waals surface area contributed by atoms with E-state index in [1.54, 1.807) is 12.3 Å². The zero-order valence-electron chi connectivity index (χ0n) is 15.3. The Balaban J connectivity index is 1.62. The van der Waals surface area contributed by atoms with Crippen molar-refractivity contribution in [1.82, 2.24) is 9.55 Å². The van der Waals surface area contributed by atoms with Crippen LogP contribution in [-0.4, -0.2) is 15.5 Å². The summed E-state index contributed by atoms with van der Waals surface area (Å²) in [6.07, 6.45) is 1.63. The predicted octanol–water partition coefficient (Wildman–Crippen LogP) is 4.24. The zero-order valence-corrected chi connectivity index (χ0v) is 16.1. The molecule has 2 N–H and O–H groups in total. The Morgan fingerprint density at radius 2 is 2.07 bits per heavy atom. The highest BCUT2D eigenvalue weighted by Gasteiger charge is 2.19. The quantitative estimate of drug-likeness (QED) is 0.509. The van der Waals surface area contributed by atoms with Crippen LogP contribution in [0, 0.1) is 6.92 Å². The van der Waals surface area contributed by atoms with Crippen LogP contribution in [-0.2, 0) is 13.2 Å². The summed E-state index contributed by atoms with van der Waals surface area (Å²) in [6.45, 7) is 2.75. The molecule has 0 radical (unpaired) electrons. The van der Waals surface area contributed by atoms with Crippen LogP contribution in [0.4, 0.5) is 0 Å². The Hall–Kier alpha value is -3.32. The third-order valence-electron chi connectivity index (χ3n) is 4.45. The van der Waals surface area contributed by atoms with Crippen molar-refractivity contribution in [2.24, 2.45) is 5.73 Å². The highest BCUT2D eigenvalue weighted by molar-refractivity contribution is 7.09. The van der Waals surface area contributed by atoms with Gasteiger partial charge in [0, 0.05) is 11.1 Å². The van der Waals surface area contributed by atoms with E-state index in [-0.39, 0.29) is 0 Å². The molecule has 0 spiro atoms. The molecule has 0 aliphatic heterocycles. The predicted molar refractivity (Wildman–Crippen MR) is 107 cm³/mol. The third kappa shape index (κ3) is 3.70. The highest BCUT2D eigenvalue weighted by atomic mass is 32.1. The van der Waals surface area contributed by atoms with Gasteiger partial charge in [-0.1, -0.05) is 18.2 Å². The van der Waals surface area contributed by atoms with Gasteiger partial charge in [-0.05, 0) is 37.3 Å². The van der Waals surface area contributed by atoms with Gasteiger partial charge < -0.3 is 19.5 Å². The summed E-state index contributed by atoms with van der Waals surface area (Å²) in [6, 6.07) is 15.1. The van der Waals surface area contributed by atoms with Crippen molar-refractivity contribution in [3.05, 3.63) is 82.2 Å². The number of para-hydroxylation sites is 1. The van der Waals surface area contributed by atoms with Crippen molar-refractivity contribution in [2.45, 2.75) is 20.1 Å². The molecule has 0 bridgehead atoms. The zero-order chi connectivity index (χ0) is 19.5. The number of furan rings is 1. The first-order valence-corrected chi connectivity index (χ1v) is 9.64. The van der Waals surface area contributed by atoms with Gasteiger partial charge in [-0.25, -0.2) is 4.98 Å². The van der Waals surface area contributed by atoms with Crippen LogP contribution in [0.3, 0.4) is 0 Å². The fourth-order valence-corrected chi connectivity index (χ4v) is 3.72. The Morgan fingerprint density at radius 1 is 1.25 bits per heavy atom. The number of ether oxygens (including phenoxy) is 1. The van der Waals surface area contributed by atoms with E-state index in [1.807, 2.05) is 59.3 Å². The second-order valence-electron chi connectivity index (χ2n) is 6.29. The van der Waals surface area contributed by atoms with Crippen molar-refractivity contribution < 1.29 is 13.9 Å². The summed E-state index contributed by atoms with van der Waals surface area (Å²) in [4.78, 5) is 16.5. The molecule has 4 rings (SSSR count). The van der Waals surface area contributed by atoms with Crippen LogP contribution >= 0.6 is 11.3 Å². The first-order chi connectivity index (χ1) is 13.6. The van der Waals surface area contributed by atoms with Crippen molar-refractivity contribution in [2.75, 3.05) is 0 Å². The fraction of sp³-hybridized carbons (Fsp3) is 0.143. The summed E-state index contributed by atoms with van der Waals surface area (Å²) in [5.74, 6) is 1.13. The lowest BCUT2D eigenvalue weighted by molar-refractivity contribution is 0.0999. The van der Waals surface area contributed by atoms with Crippen molar-refractivity contribution >= 4 is 17.2 Å². The lowest BCUT2D eigenvalue weighted by atomic mass is 10.2. The Labute approximate surface area is 166 Å². The average Bonchev–Trinajstić information content (AvgIpc) is 3.43. The molecular formula is C21H19N3O3S. The monoisotopic (exact) mass is 393 g/mol. The molecule has 142 valence electrons. The van der Waals surface area contributed by atoms with Gasteiger partial charge in [0.1, 0.15) is 23.1 Å². The van der Waals surface area contributed by atoms with Gasteiger partial charge >= 0.3 is 0 Å². The van der Waals surface area contributed by atoms with E-state index >= 15 is 0 Å². The van der Waals surface area contributed by atoms with Crippen molar-refractivity contribution in [3.8, 4) is 17.1 Å². The molecule has 1 amide bonds. The lowest BCUT2D eigenvalue weighted by Crippen LogP contribution is -2.12. The van der Waals surface area contributed by atoms with E-state index in [9.17, 15) is 4.79 Å². The second kappa shape index (κ2) is 7.74. The van der Waals surface area contributed by atoms with E-state index in [1.165, 1.54) is 11.3 Å². The number of nitrogens with two attached hydrogens (primary N) is 1. The normalized spacial score (nSPS) is 10.9. The maximum absolute atomic E-state index is 11.8. The topological polar surface area (TPSA) is 83.3 Å². The SMILES string of the molecule is Cc1c(C(N)=O)cc(-c2csc(COc3ccccc3)n2)n1Cc1ccco1. The van der Waals surface area contributed by atoms with Gasteiger partial charge in [0.2, 0.25) is 0 Å². The van der Waals surface area contributed by atoms with Crippen LogP contribution in [0.15, 0.2) is 64.6 Å².